The zero-order valence-electron chi connectivity index (χ0n) is 8.69. The largest absolute Gasteiger partial charge is 0.460 e. The predicted molar refractivity (Wildman–Crippen MR) is 51.4 cm³/mol. The molecule has 5 heteroatoms. The van der Waals surface area contributed by atoms with E-state index in [1.807, 2.05) is 0 Å². The summed E-state index contributed by atoms with van der Waals surface area (Å²) in [6.07, 6.45) is -0.800. The Labute approximate surface area is 87.8 Å². The fraction of sp³-hybridized carbons (Fsp3) is 1.00. The van der Waals surface area contributed by atoms with Crippen molar-refractivity contribution in [2.45, 2.75) is 38.0 Å². The first-order chi connectivity index (χ1) is 7.07. The Hall–Kier alpha value is -0.290. The highest BCUT2D eigenvalue weighted by atomic mass is 19.4. The number of nitrogens with zero attached hydrogens (tertiary/aromatic N) is 1. The highest BCUT2D eigenvalue weighted by Crippen LogP contribution is 2.36. The van der Waals surface area contributed by atoms with Gasteiger partial charge in [0, 0.05) is 12.6 Å². The fourth-order valence-electron chi connectivity index (χ4n) is 2.20. The smallest absolute Gasteiger partial charge is 0.316 e. The van der Waals surface area contributed by atoms with Crippen molar-refractivity contribution in [1.82, 2.24) is 10.2 Å². The first-order valence-electron chi connectivity index (χ1n) is 5.61. The molecule has 0 aromatic carbocycles. The van der Waals surface area contributed by atoms with E-state index >= 15 is 0 Å². The summed E-state index contributed by atoms with van der Waals surface area (Å²) in [7, 11) is 0. The first kappa shape index (κ1) is 11.2. The van der Waals surface area contributed by atoms with E-state index in [0.717, 1.165) is 30.8 Å². The minimum absolute atomic E-state index is 0.168. The number of hydrogen-bond acceptors (Lipinski definition) is 2. The standard InChI is InChI=1S/C10H17F3N2/c11-10(12,13)15(9-3-4-9)7-8-2-1-5-14-6-8/h8-9,14H,1-7H2/t8-/m1/s1. The van der Waals surface area contributed by atoms with Gasteiger partial charge in [0.05, 0.1) is 0 Å². The Morgan fingerprint density at radius 2 is 1.93 bits per heavy atom. The predicted octanol–water partition coefficient (Wildman–Crippen LogP) is 1.97. The molecule has 2 nitrogen and oxygen atoms in total. The average Bonchev–Trinajstić information content (AvgIpc) is 2.97. The van der Waals surface area contributed by atoms with Crippen LogP contribution in [0.5, 0.6) is 0 Å². The highest BCUT2D eigenvalue weighted by molar-refractivity contribution is 4.87. The molecule has 0 aromatic heterocycles. The van der Waals surface area contributed by atoms with Crippen LogP contribution in [0.1, 0.15) is 25.7 Å². The van der Waals surface area contributed by atoms with Crippen molar-refractivity contribution < 1.29 is 13.2 Å². The molecule has 1 heterocycles. The summed E-state index contributed by atoms with van der Waals surface area (Å²) in [5, 5.41) is 3.16. The summed E-state index contributed by atoms with van der Waals surface area (Å²) in [5.74, 6) is 0.168. The van der Waals surface area contributed by atoms with Crippen LogP contribution in [0, 0.1) is 5.92 Å². The van der Waals surface area contributed by atoms with Crippen molar-refractivity contribution in [1.29, 1.82) is 0 Å². The maximum atomic E-state index is 12.7. The second-order valence-electron chi connectivity index (χ2n) is 4.56. The Balaban J connectivity index is 1.88. The molecule has 0 spiro atoms. The third-order valence-electron chi connectivity index (χ3n) is 3.17. The van der Waals surface area contributed by atoms with Gasteiger partial charge in [0.25, 0.3) is 0 Å². The van der Waals surface area contributed by atoms with Gasteiger partial charge >= 0.3 is 6.30 Å². The maximum Gasteiger partial charge on any atom is 0.460 e. The topological polar surface area (TPSA) is 15.3 Å². The van der Waals surface area contributed by atoms with E-state index in [1.165, 1.54) is 0 Å². The van der Waals surface area contributed by atoms with E-state index in [1.54, 1.807) is 0 Å². The van der Waals surface area contributed by atoms with Gasteiger partial charge in [-0.05, 0) is 44.7 Å². The molecule has 0 radical (unpaired) electrons. The molecule has 1 saturated heterocycles. The molecule has 2 rings (SSSR count). The Bertz CT molecular complexity index is 207. The lowest BCUT2D eigenvalue weighted by atomic mass is 9.99. The lowest BCUT2D eigenvalue weighted by molar-refractivity contribution is -0.252. The third kappa shape index (κ3) is 3.08. The summed E-state index contributed by atoms with van der Waals surface area (Å²) in [6.45, 7) is 1.87. The monoisotopic (exact) mass is 222 g/mol. The van der Waals surface area contributed by atoms with E-state index in [0.29, 0.717) is 12.8 Å². The second-order valence-corrected chi connectivity index (χ2v) is 4.56. The summed E-state index contributed by atoms with van der Waals surface area (Å²) < 4.78 is 38.0. The Kier molecular flexibility index (Phi) is 3.21. The number of rotatable bonds is 3. The highest BCUT2D eigenvalue weighted by Gasteiger charge is 2.46. The van der Waals surface area contributed by atoms with Gasteiger partial charge in [-0.1, -0.05) is 0 Å². The van der Waals surface area contributed by atoms with Crippen molar-refractivity contribution in [3.05, 3.63) is 0 Å². The minimum Gasteiger partial charge on any atom is -0.316 e. The molecular weight excluding hydrogens is 205 g/mol. The maximum absolute atomic E-state index is 12.7. The van der Waals surface area contributed by atoms with Gasteiger partial charge < -0.3 is 5.32 Å². The van der Waals surface area contributed by atoms with Gasteiger partial charge in [0.15, 0.2) is 0 Å². The number of alkyl halides is 3. The average molecular weight is 222 g/mol. The van der Waals surface area contributed by atoms with Gasteiger partial charge in [-0.2, -0.15) is 13.2 Å². The molecule has 15 heavy (non-hydrogen) atoms. The van der Waals surface area contributed by atoms with Crippen LogP contribution >= 0.6 is 0 Å². The summed E-state index contributed by atoms with van der Waals surface area (Å²) >= 11 is 0. The van der Waals surface area contributed by atoms with E-state index in [4.69, 9.17) is 0 Å². The molecule has 0 amide bonds. The minimum atomic E-state index is -4.14. The van der Waals surface area contributed by atoms with Crippen LogP contribution in [0.4, 0.5) is 13.2 Å². The normalized spacial score (nSPS) is 28.4. The van der Waals surface area contributed by atoms with Gasteiger partial charge in [-0.3, -0.25) is 0 Å². The molecule has 2 aliphatic rings. The molecule has 1 saturated carbocycles. The lowest BCUT2D eigenvalue weighted by Crippen LogP contribution is -2.46. The van der Waals surface area contributed by atoms with Crippen molar-refractivity contribution in [2.24, 2.45) is 5.92 Å². The van der Waals surface area contributed by atoms with Crippen molar-refractivity contribution in [2.75, 3.05) is 19.6 Å². The van der Waals surface area contributed by atoms with Crippen LogP contribution < -0.4 is 5.32 Å². The van der Waals surface area contributed by atoms with Gasteiger partial charge in [-0.15, -0.1) is 0 Å². The zero-order valence-corrected chi connectivity index (χ0v) is 8.69. The molecule has 1 N–H and O–H groups in total. The summed E-state index contributed by atoms with van der Waals surface area (Å²) in [6, 6.07) is -0.230. The van der Waals surface area contributed by atoms with Crippen LogP contribution in [0.3, 0.4) is 0 Å². The van der Waals surface area contributed by atoms with Crippen molar-refractivity contribution in [3.63, 3.8) is 0 Å². The fourth-order valence-corrected chi connectivity index (χ4v) is 2.20. The molecule has 2 fully saturated rings. The molecular formula is C10H17F3N2. The quantitative estimate of drug-likeness (QED) is 0.734. The molecule has 0 unspecified atom stereocenters. The number of hydrogen-bond donors (Lipinski definition) is 1. The van der Waals surface area contributed by atoms with E-state index in [2.05, 4.69) is 5.32 Å². The SMILES string of the molecule is FC(F)(F)N(C[C@@H]1CCCNC1)C1CC1. The van der Waals surface area contributed by atoms with Gasteiger partial charge in [0.1, 0.15) is 0 Å². The van der Waals surface area contributed by atoms with E-state index in [-0.39, 0.29) is 18.5 Å². The third-order valence-corrected chi connectivity index (χ3v) is 3.17. The number of nitrogens with one attached hydrogen (secondary N) is 1. The van der Waals surface area contributed by atoms with Crippen LogP contribution in [-0.2, 0) is 0 Å². The van der Waals surface area contributed by atoms with Crippen LogP contribution in [0.15, 0.2) is 0 Å². The Morgan fingerprint density at radius 3 is 2.40 bits per heavy atom. The van der Waals surface area contributed by atoms with Gasteiger partial charge in [-0.25, -0.2) is 4.90 Å². The summed E-state index contributed by atoms with van der Waals surface area (Å²) in [4.78, 5) is 0.741. The summed E-state index contributed by atoms with van der Waals surface area (Å²) in [5.41, 5.74) is 0. The molecule has 1 aliphatic carbocycles. The molecule has 0 bridgehead atoms. The molecule has 0 aromatic rings. The second kappa shape index (κ2) is 4.29. The number of piperidine rings is 1. The van der Waals surface area contributed by atoms with Crippen molar-refractivity contribution in [3.8, 4) is 0 Å². The lowest BCUT2D eigenvalue weighted by Gasteiger charge is -2.31. The van der Waals surface area contributed by atoms with Crippen molar-refractivity contribution >= 4 is 0 Å². The van der Waals surface area contributed by atoms with Crippen LogP contribution in [-0.4, -0.2) is 36.9 Å². The zero-order chi connectivity index (χ0) is 10.9. The Morgan fingerprint density at radius 1 is 1.20 bits per heavy atom. The molecule has 1 aliphatic heterocycles. The molecule has 88 valence electrons. The van der Waals surface area contributed by atoms with Crippen LogP contribution in [0.25, 0.3) is 0 Å². The van der Waals surface area contributed by atoms with E-state index < -0.39 is 6.30 Å². The first-order valence-corrected chi connectivity index (χ1v) is 5.61. The van der Waals surface area contributed by atoms with Crippen LogP contribution in [0.2, 0.25) is 0 Å². The van der Waals surface area contributed by atoms with E-state index in [9.17, 15) is 13.2 Å². The molecule has 1 atom stereocenters. The van der Waals surface area contributed by atoms with Gasteiger partial charge in [0.2, 0.25) is 0 Å². The number of halogens is 3.